The first kappa shape index (κ1) is 30.1. The molecule has 0 spiro atoms. The first-order valence-electron chi connectivity index (χ1n) is 11.8. The van der Waals surface area contributed by atoms with Crippen molar-refractivity contribution in [3.63, 3.8) is 0 Å². The third-order valence-corrected chi connectivity index (χ3v) is 5.14. The van der Waals surface area contributed by atoms with Crippen LogP contribution in [0.5, 0.6) is 0 Å². The zero-order valence-electron chi connectivity index (χ0n) is 20.9. The normalized spacial score (nSPS) is 9.68. The molecule has 3 heterocycles. The summed E-state index contributed by atoms with van der Waals surface area (Å²) >= 11 is 0. The van der Waals surface area contributed by atoms with Gasteiger partial charge in [0.2, 0.25) is 0 Å². The van der Waals surface area contributed by atoms with Gasteiger partial charge >= 0.3 is 20.1 Å². The largest absolute Gasteiger partial charge is 3.00 e. The Labute approximate surface area is 244 Å². The average molecular weight is 709 g/mol. The van der Waals surface area contributed by atoms with Gasteiger partial charge in [-0.3, -0.25) is 8.78 Å². The molecule has 3 aromatic carbocycles. The summed E-state index contributed by atoms with van der Waals surface area (Å²) < 4.78 is 37.9. The molecule has 0 saturated carbocycles. The van der Waals surface area contributed by atoms with Crippen LogP contribution in [0, 0.1) is 35.7 Å². The number of hydrogen-bond acceptors (Lipinski definition) is 3. The maximum absolute atomic E-state index is 12.8. The van der Waals surface area contributed by atoms with E-state index in [1.54, 1.807) is 36.8 Å². The molecule has 0 atom stereocenters. The Morgan fingerprint density at radius 1 is 0.450 bits per heavy atom. The van der Waals surface area contributed by atoms with E-state index in [2.05, 4.69) is 33.2 Å². The van der Waals surface area contributed by atoms with Crippen molar-refractivity contribution >= 4 is 0 Å². The van der Waals surface area contributed by atoms with Crippen molar-refractivity contribution in [3.8, 4) is 33.8 Å². The van der Waals surface area contributed by atoms with Gasteiger partial charge in [-0.05, 0) is 35.3 Å². The van der Waals surface area contributed by atoms with Crippen molar-refractivity contribution in [1.82, 2.24) is 15.0 Å². The van der Waals surface area contributed by atoms with Crippen LogP contribution in [-0.2, 0) is 20.1 Å². The quantitative estimate of drug-likeness (QED) is 0.175. The molecule has 6 rings (SSSR count). The summed E-state index contributed by atoms with van der Waals surface area (Å²) in [7, 11) is 0. The Hall–Kier alpha value is -4.45. The van der Waals surface area contributed by atoms with Gasteiger partial charge in [0.15, 0.2) is 0 Å². The Morgan fingerprint density at radius 2 is 0.900 bits per heavy atom. The Morgan fingerprint density at radius 3 is 1.25 bits per heavy atom. The molecule has 3 nitrogen and oxygen atoms in total. The standard InChI is InChI=1S/3C11H7FN.Ir/c12-10-5-3-4-9(8-10)11-6-1-2-7-13-11;2*12-10-6-4-9(5-7-10)11-3-1-2-8-13-11;/h1-3,5-8H;2*1-4,6-8H;/q3*-1;+3. The fourth-order valence-electron chi connectivity index (χ4n) is 3.28. The van der Waals surface area contributed by atoms with Crippen molar-refractivity contribution < 1.29 is 33.3 Å². The Kier molecular flexibility index (Phi) is 11.9. The van der Waals surface area contributed by atoms with Crippen molar-refractivity contribution in [2.75, 3.05) is 0 Å². The second-order valence-electron chi connectivity index (χ2n) is 7.91. The van der Waals surface area contributed by atoms with E-state index in [0.717, 1.165) is 28.2 Å². The third-order valence-electron chi connectivity index (χ3n) is 5.14. The van der Waals surface area contributed by atoms with Crippen LogP contribution in [0.25, 0.3) is 33.8 Å². The minimum atomic E-state index is -0.278. The molecule has 0 fully saturated rings. The number of aromatic nitrogens is 3. The fraction of sp³-hybridized carbons (Fsp3) is 0. The Balaban J connectivity index is 0.000000163. The van der Waals surface area contributed by atoms with Gasteiger partial charge in [0.1, 0.15) is 0 Å². The molecule has 0 unspecified atom stereocenters. The van der Waals surface area contributed by atoms with Crippen molar-refractivity contribution in [1.29, 1.82) is 0 Å². The molecule has 0 amide bonds. The van der Waals surface area contributed by atoms with Gasteiger partial charge in [0.05, 0.1) is 0 Å². The number of benzene rings is 3. The molecule has 0 N–H and O–H groups in total. The van der Waals surface area contributed by atoms with Gasteiger partial charge < -0.3 is 15.0 Å². The summed E-state index contributed by atoms with van der Waals surface area (Å²) in [5.74, 6) is -0.821. The van der Waals surface area contributed by atoms with Gasteiger partial charge in [-0.25, -0.2) is 4.39 Å². The van der Waals surface area contributed by atoms with Crippen LogP contribution in [0.4, 0.5) is 13.2 Å². The van der Waals surface area contributed by atoms with Crippen LogP contribution in [0.3, 0.4) is 0 Å². The summed E-state index contributed by atoms with van der Waals surface area (Å²) in [5, 5.41) is 0. The third kappa shape index (κ3) is 9.38. The Bertz CT molecular complexity index is 1470. The van der Waals surface area contributed by atoms with E-state index < -0.39 is 0 Å². The van der Waals surface area contributed by atoms with Gasteiger partial charge in [0.25, 0.3) is 0 Å². The molecule has 0 saturated heterocycles. The molecule has 7 heteroatoms. The van der Waals surface area contributed by atoms with Crippen LogP contribution in [-0.4, -0.2) is 15.0 Å². The van der Waals surface area contributed by atoms with E-state index in [1.807, 2.05) is 54.6 Å². The SMILES string of the molecule is Fc1c[c-]c(-c2ccccn2)cc1.Fc1c[c-]c(-c2ccccn2)cc1.Fc1cc[c-]c(-c2ccccn2)c1.[Ir+3]. The summed E-state index contributed by atoms with van der Waals surface area (Å²) in [6.45, 7) is 0. The van der Waals surface area contributed by atoms with E-state index in [-0.39, 0.29) is 37.6 Å². The molecule has 6 aromatic rings. The van der Waals surface area contributed by atoms with Gasteiger partial charge in [-0.15, -0.1) is 89.5 Å². The summed E-state index contributed by atoms with van der Waals surface area (Å²) in [6, 6.07) is 38.3. The maximum atomic E-state index is 12.8. The topological polar surface area (TPSA) is 38.7 Å². The van der Waals surface area contributed by atoms with Crippen molar-refractivity contribution in [2.45, 2.75) is 0 Å². The minimum absolute atomic E-state index is 0. The minimum Gasteiger partial charge on any atom is -0.305 e. The van der Waals surface area contributed by atoms with Gasteiger partial charge in [-0.2, -0.15) is 0 Å². The summed E-state index contributed by atoms with van der Waals surface area (Å²) in [5.41, 5.74) is 4.65. The monoisotopic (exact) mass is 709 g/mol. The number of nitrogens with zero attached hydrogens (tertiary/aromatic N) is 3. The second-order valence-corrected chi connectivity index (χ2v) is 7.91. The van der Waals surface area contributed by atoms with Crippen molar-refractivity contribution in [2.24, 2.45) is 0 Å². The molecule has 0 bridgehead atoms. The molecular formula is C33H21F3IrN3. The van der Waals surface area contributed by atoms with Gasteiger partial charge in [-0.1, -0.05) is 36.4 Å². The molecule has 3 aromatic heterocycles. The zero-order chi connectivity index (χ0) is 27.3. The van der Waals surface area contributed by atoms with Crippen LogP contribution < -0.4 is 0 Å². The van der Waals surface area contributed by atoms with Gasteiger partial charge in [0, 0.05) is 36.0 Å². The van der Waals surface area contributed by atoms with Crippen molar-refractivity contribution in [3.05, 3.63) is 163 Å². The number of hydrogen-bond donors (Lipinski definition) is 0. The number of halogens is 3. The van der Waals surface area contributed by atoms with E-state index in [0.29, 0.717) is 5.56 Å². The number of rotatable bonds is 3. The van der Waals surface area contributed by atoms with E-state index >= 15 is 0 Å². The predicted octanol–water partition coefficient (Wildman–Crippen LogP) is 8.06. The molecule has 0 radical (unpaired) electrons. The summed E-state index contributed by atoms with van der Waals surface area (Å²) in [4.78, 5) is 12.3. The van der Waals surface area contributed by atoms with Crippen LogP contribution >= 0.6 is 0 Å². The molecular weight excluding hydrogens is 688 g/mol. The maximum Gasteiger partial charge on any atom is 3.00 e. The molecule has 198 valence electrons. The zero-order valence-corrected chi connectivity index (χ0v) is 23.3. The fourth-order valence-corrected chi connectivity index (χ4v) is 3.28. The molecule has 0 aliphatic carbocycles. The van der Waals surface area contributed by atoms with E-state index in [4.69, 9.17) is 0 Å². The molecule has 0 aliphatic rings. The van der Waals surface area contributed by atoms with E-state index in [1.165, 1.54) is 36.4 Å². The molecule has 40 heavy (non-hydrogen) atoms. The number of pyridine rings is 3. The van der Waals surface area contributed by atoms with Crippen LogP contribution in [0.2, 0.25) is 0 Å². The first-order chi connectivity index (χ1) is 19.1. The average Bonchev–Trinajstić information content (AvgIpc) is 3.00. The summed E-state index contributed by atoms with van der Waals surface area (Å²) in [6.07, 6.45) is 5.08. The first-order valence-corrected chi connectivity index (χ1v) is 11.8. The van der Waals surface area contributed by atoms with Crippen LogP contribution in [0.1, 0.15) is 0 Å². The molecule has 0 aliphatic heterocycles. The second kappa shape index (κ2) is 15.8. The predicted molar refractivity (Wildman–Crippen MR) is 145 cm³/mol. The van der Waals surface area contributed by atoms with E-state index in [9.17, 15) is 13.2 Å². The van der Waals surface area contributed by atoms with Crippen LogP contribution in [0.15, 0.2) is 128 Å². The smallest absolute Gasteiger partial charge is 0.305 e.